The van der Waals surface area contributed by atoms with Gasteiger partial charge in [-0.1, -0.05) is 26.0 Å². The number of nitrogens with zero attached hydrogens (tertiary/aromatic N) is 2. The summed E-state index contributed by atoms with van der Waals surface area (Å²) in [5, 5.41) is 14.9. The SMILES string of the molecule is COc1cc2c(OC)cnc(O[C@@H]3C[C@H]4C(=O)N[C@]5(C(=O)NS(=O)(=O)C6CC6)C[C@H]5/C=C\CC[C@@H](C)C[C@@H](C)[C@H](NC(=O)O)C(=O)N4C3)c2cc1F. The number of hydrogen-bond donors (Lipinski definition) is 4. The Balaban J connectivity index is 1.35. The fourth-order valence-electron chi connectivity index (χ4n) is 7.39. The van der Waals surface area contributed by atoms with Crippen LogP contribution in [0.1, 0.15) is 58.8 Å². The van der Waals surface area contributed by atoms with Crippen molar-refractivity contribution in [2.24, 2.45) is 17.8 Å². The number of methoxy groups -OCH3 is 2. The molecule has 6 rings (SSSR count). The quantitative estimate of drug-likeness (QED) is 0.290. The first-order chi connectivity index (χ1) is 24.7. The second kappa shape index (κ2) is 14.4. The Hall–Kier alpha value is -4.67. The summed E-state index contributed by atoms with van der Waals surface area (Å²) in [6.45, 7) is 3.59. The highest BCUT2D eigenvalue weighted by Gasteiger charge is 2.62. The van der Waals surface area contributed by atoms with Crippen molar-refractivity contribution in [3.05, 3.63) is 36.3 Å². The molecule has 2 aliphatic heterocycles. The second-order valence-corrected chi connectivity index (χ2v) is 16.3. The van der Waals surface area contributed by atoms with Crippen molar-refractivity contribution >= 4 is 44.6 Å². The highest BCUT2D eigenvalue weighted by atomic mass is 32.2. The van der Waals surface area contributed by atoms with Gasteiger partial charge in [0.1, 0.15) is 29.5 Å². The molecule has 1 aromatic heterocycles. The van der Waals surface area contributed by atoms with Gasteiger partial charge in [0.15, 0.2) is 11.6 Å². The molecular weight excluding hydrogens is 701 g/mol. The Morgan fingerprint density at radius 1 is 1.08 bits per heavy atom. The molecule has 1 aromatic carbocycles. The van der Waals surface area contributed by atoms with E-state index in [1.54, 1.807) is 6.92 Å². The lowest BCUT2D eigenvalue weighted by molar-refractivity contribution is -0.142. The Morgan fingerprint density at radius 2 is 1.81 bits per heavy atom. The van der Waals surface area contributed by atoms with E-state index in [-0.39, 0.29) is 42.3 Å². The number of carbonyl (C=O) groups excluding carboxylic acids is 3. The fourth-order valence-corrected chi connectivity index (χ4v) is 8.76. The Kier molecular flexibility index (Phi) is 10.3. The molecule has 4 amide bonds. The van der Waals surface area contributed by atoms with Crippen molar-refractivity contribution in [3.8, 4) is 17.4 Å². The van der Waals surface area contributed by atoms with Gasteiger partial charge in [0.2, 0.25) is 27.7 Å². The number of carbonyl (C=O) groups is 4. The van der Waals surface area contributed by atoms with Crippen LogP contribution in [0, 0.1) is 23.6 Å². The number of halogens is 1. The third-order valence-electron chi connectivity index (χ3n) is 10.5. The molecule has 4 N–H and O–H groups in total. The van der Waals surface area contributed by atoms with E-state index in [2.05, 4.69) is 20.3 Å². The lowest BCUT2D eigenvalue weighted by atomic mass is 9.88. The van der Waals surface area contributed by atoms with Gasteiger partial charge in [-0.25, -0.2) is 22.6 Å². The van der Waals surface area contributed by atoms with Crippen molar-refractivity contribution in [1.29, 1.82) is 0 Å². The molecule has 2 aromatic rings. The molecular formula is C35H44FN5O10S. The number of sulfonamides is 1. The molecule has 17 heteroatoms. The maximum Gasteiger partial charge on any atom is 0.405 e. The first-order valence-electron chi connectivity index (χ1n) is 17.4. The summed E-state index contributed by atoms with van der Waals surface area (Å²) in [7, 11) is -1.18. The summed E-state index contributed by atoms with van der Waals surface area (Å²) in [5.41, 5.74) is -1.58. The molecule has 1 saturated heterocycles. The molecule has 3 heterocycles. The summed E-state index contributed by atoms with van der Waals surface area (Å²) < 4.78 is 59.5. The highest BCUT2D eigenvalue weighted by molar-refractivity contribution is 7.91. The Labute approximate surface area is 300 Å². The van der Waals surface area contributed by atoms with Crippen LogP contribution in [0.4, 0.5) is 9.18 Å². The average Bonchev–Trinajstić information content (AvgIpc) is 4.02. The fraction of sp³-hybridized carbons (Fsp3) is 0.571. The number of allylic oxidation sites excluding steroid dienone is 1. The zero-order valence-electron chi connectivity index (χ0n) is 29.4. The van der Waals surface area contributed by atoms with E-state index in [1.807, 2.05) is 19.1 Å². The molecule has 282 valence electrons. The number of fused-ring (bicyclic) bond motifs is 3. The van der Waals surface area contributed by atoms with Gasteiger partial charge in [-0.05, 0) is 62.5 Å². The van der Waals surface area contributed by atoms with E-state index in [9.17, 15) is 37.1 Å². The van der Waals surface area contributed by atoms with Crippen LogP contribution in [0.15, 0.2) is 30.5 Å². The van der Waals surface area contributed by atoms with Crippen molar-refractivity contribution in [2.75, 3.05) is 20.8 Å². The minimum Gasteiger partial charge on any atom is -0.494 e. The maximum atomic E-state index is 14.9. The van der Waals surface area contributed by atoms with Gasteiger partial charge in [-0.3, -0.25) is 19.1 Å². The first-order valence-corrected chi connectivity index (χ1v) is 18.9. The number of carboxylic acid groups (broad SMARTS) is 1. The molecule has 4 aliphatic rings. The standard InChI is InChI=1S/C35H44FN5O10S/c1-18-7-5-6-8-20-15-35(20,33(44)40-52(47,48)22-9-10-22)39-30(42)26-12-21(17-41(26)32(43)29(19(2)11-18)38-34(45)46)51-31-24-13-25(36)27(49-3)14-23(24)28(50-4)16-37-31/h6,8,13-14,16,18-22,26,29,38H,5,7,9-12,15,17H2,1-4H3,(H,39,42)(H,40,44)(H,45,46)/b8-6-/t18-,19-,20-,21-,26+,29+,35-/m1/s1. The van der Waals surface area contributed by atoms with Crippen LogP contribution in [0.5, 0.6) is 17.4 Å². The lowest BCUT2D eigenvalue weighted by Gasteiger charge is -2.32. The van der Waals surface area contributed by atoms with Crippen LogP contribution in [-0.2, 0) is 24.4 Å². The number of pyridine rings is 1. The summed E-state index contributed by atoms with van der Waals surface area (Å²) in [4.78, 5) is 59.8. The van der Waals surface area contributed by atoms with E-state index in [0.717, 1.165) is 0 Å². The van der Waals surface area contributed by atoms with Crippen LogP contribution in [-0.4, -0.2) is 97.0 Å². The molecule has 2 aliphatic carbocycles. The summed E-state index contributed by atoms with van der Waals surface area (Å²) in [6.07, 6.45) is 5.55. The number of benzene rings is 1. The Morgan fingerprint density at radius 3 is 2.48 bits per heavy atom. The molecule has 0 radical (unpaired) electrons. The Bertz CT molecular complexity index is 1910. The normalized spacial score (nSPS) is 30.1. The van der Waals surface area contributed by atoms with E-state index < -0.39 is 80.5 Å². The van der Waals surface area contributed by atoms with Crippen molar-refractivity contribution in [1.82, 2.24) is 25.2 Å². The van der Waals surface area contributed by atoms with Crippen LogP contribution in [0.25, 0.3) is 10.8 Å². The molecule has 7 atom stereocenters. The van der Waals surface area contributed by atoms with Gasteiger partial charge in [-0.15, -0.1) is 0 Å². The number of amides is 4. The number of nitrogens with one attached hydrogen (secondary N) is 3. The van der Waals surface area contributed by atoms with E-state index >= 15 is 0 Å². The third kappa shape index (κ3) is 7.45. The smallest absolute Gasteiger partial charge is 0.405 e. The van der Waals surface area contributed by atoms with Crippen molar-refractivity contribution < 1.29 is 51.3 Å². The summed E-state index contributed by atoms with van der Waals surface area (Å²) in [5.74, 6) is -3.52. The van der Waals surface area contributed by atoms with Gasteiger partial charge in [0.05, 0.1) is 37.6 Å². The first kappa shape index (κ1) is 37.1. The predicted molar refractivity (Wildman–Crippen MR) is 185 cm³/mol. The summed E-state index contributed by atoms with van der Waals surface area (Å²) >= 11 is 0. The van der Waals surface area contributed by atoms with Gasteiger partial charge in [0, 0.05) is 17.7 Å². The molecule has 15 nitrogen and oxygen atoms in total. The van der Waals surface area contributed by atoms with E-state index in [0.29, 0.717) is 43.2 Å². The van der Waals surface area contributed by atoms with Crippen LogP contribution < -0.4 is 29.6 Å². The van der Waals surface area contributed by atoms with Crippen LogP contribution in [0.3, 0.4) is 0 Å². The number of ether oxygens (including phenoxy) is 3. The predicted octanol–water partition coefficient (Wildman–Crippen LogP) is 2.87. The molecule has 52 heavy (non-hydrogen) atoms. The van der Waals surface area contributed by atoms with Gasteiger partial charge >= 0.3 is 6.09 Å². The van der Waals surface area contributed by atoms with Gasteiger partial charge < -0.3 is 34.9 Å². The largest absolute Gasteiger partial charge is 0.494 e. The minimum atomic E-state index is -3.94. The highest BCUT2D eigenvalue weighted by Crippen LogP contribution is 2.46. The topological polar surface area (TPSA) is 203 Å². The monoisotopic (exact) mass is 745 g/mol. The molecule has 0 spiro atoms. The molecule has 2 saturated carbocycles. The van der Waals surface area contributed by atoms with Crippen LogP contribution >= 0.6 is 0 Å². The lowest BCUT2D eigenvalue weighted by Crippen LogP contribution is -2.59. The zero-order valence-corrected chi connectivity index (χ0v) is 30.2. The average molecular weight is 746 g/mol. The second-order valence-electron chi connectivity index (χ2n) is 14.3. The van der Waals surface area contributed by atoms with Crippen LogP contribution in [0.2, 0.25) is 0 Å². The molecule has 0 unspecified atom stereocenters. The van der Waals surface area contributed by atoms with Crippen molar-refractivity contribution in [3.63, 3.8) is 0 Å². The molecule has 3 fully saturated rings. The number of hydrogen-bond acceptors (Lipinski definition) is 10. The summed E-state index contributed by atoms with van der Waals surface area (Å²) in [6, 6.07) is 0.152. The maximum absolute atomic E-state index is 14.9. The third-order valence-corrected chi connectivity index (χ3v) is 12.3. The van der Waals surface area contributed by atoms with Crippen molar-refractivity contribution in [2.45, 2.75) is 87.8 Å². The number of rotatable bonds is 8. The van der Waals surface area contributed by atoms with Gasteiger partial charge in [0.25, 0.3) is 5.91 Å². The zero-order chi connectivity index (χ0) is 37.5. The number of aromatic nitrogens is 1. The molecule has 0 bridgehead atoms. The minimum absolute atomic E-state index is 0.00567. The van der Waals surface area contributed by atoms with E-state index in [4.69, 9.17) is 14.2 Å². The van der Waals surface area contributed by atoms with Gasteiger partial charge in [-0.2, -0.15) is 0 Å². The van der Waals surface area contributed by atoms with E-state index in [1.165, 1.54) is 37.4 Å².